The Morgan fingerprint density at radius 2 is 0.929 bits per heavy atom. The summed E-state index contributed by atoms with van der Waals surface area (Å²) in [7, 11) is -1.47. The Hall–Kier alpha value is -1.26. The molecule has 28 heavy (non-hydrogen) atoms. The van der Waals surface area contributed by atoms with Gasteiger partial charge in [0, 0.05) is 28.4 Å². The van der Waals surface area contributed by atoms with Gasteiger partial charge >= 0.3 is 15.2 Å². The molecule has 2 aromatic rings. The quantitative estimate of drug-likeness (QED) is 0.657. The van der Waals surface area contributed by atoms with Crippen LogP contribution in [-0.4, -0.2) is 28.4 Å². The van der Waals surface area contributed by atoms with Gasteiger partial charge in [-0.2, -0.15) is 0 Å². The summed E-state index contributed by atoms with van der Waals surface area (Å²) in [5.74, 6) is 0. The van der Waals surface area contributed by atoms with Gasteiger partial charge in [0.05, 0.1) is 10.6 Å². The molecule has 0 N–H and O–H groups in total. The Morgan fingerprint density at radius 1 is 0.607 bits per heavy atom. The van der Waals surface area contributed by atoms with Crippen LogP contribution in [0.3, 0.4) is 0 Å². The van der Waals surface area contributed by atoms with Gasteiger partial charge in [-0.15, -0.1) is 0 Å². The average molecular weight is 424 g/mol. The van der Waals surface area contributed by atoms with Crippen molar-refractivity contribution in [2.45, 2.75) is 25.7 Å². The van der Waals surface area contributed by atoms with Gasteiger partial charge < -0.3 is 18.1 Å². The van der Waals surface area contributed by atoms with E-state index in [9.17, 15) is 9.13 Å². The fourth-order valence-electron chi connectivity index (χ4n) is 3.55. The second-order valence-electron chi connectivity index (χ2n) is 6.65. The molecule has 0 heterocycles. The van der Waals surface area contributed by atoms with E-state index < -0.39 is 15.2 Å². The maximum atomic E-state index is 13.2. The summed E-state index contributed by atoms with van der Waals surface area (Å²) in [6.07, 6.45) is 2.66. The van der Waals surface area contributed by atoms with Crippen molar-refractivity contribution in [3.05, 3.63) is 58.7 Å². The van der Waals surface area contributed by atoms with Crippen LogP contribution in [0.15, 0.2) is 36.4 Å². The third kappa shape index (κ3) is 4.04. The average Bonchev–Trinajstić information content (AvgIpc) is 2.74. The molecular formula is C20H26O6P2. The summed E-state index contributed by atoms with van der Waals surface area (Å²) in [5.41, 5.74) is 3.86. The number of hydrogen-bond acceptors (Lipinski definition) is 6. The van der Waals surface area contributed by atoms with E-state index in [1.54, 1.807) is 12.1 Å². The van der Waals surface area contributed by atoms with Crippen molar-refractivity contribution >= 4 is 25.8 Å². The zero-order chi connectivity index (χ0) is 20.4. The van der Waals surface area contributed by atoms with Crippen LogP contribution in [0.4, 0.5) is 0 Å². The summed E-state index contributed by atoms with van der Waals surface area (Å²) in [5, 5.41) is 1.01. The molecule has 0 saturated carbocycles. The van der Waals surface area contributed by atoms with Crippen LogP contribution < -0.4 is 10.6 Å². The first-order chi connectivity index (χ1) is 13.4. The molecule has 8 heteroatoms. The molecule has 0 aromatic heterocycles. The summed E-state index contributed by atoms with van der Waals surface area (Å²) in [4.78, 5) is 0. The van der Waals surface area contributed by atoms with Crippen LogP contribution in [0, 0.1) is 0 Å². The van der Waals surface area contributed by atoms with Crippen molar-refractivity contribution in [2.75, 3.05) is 28.4 Å². The van der Waals surface area contributed by atoms with Crippen LogP contribution in [-0.2, 0) is 52.9 Å². The molecule has 0 unspecified atom stereocenters. The maximum absolute atomic E-state index is 13.2. The van der Waals surface area contributed by atoms with Gasteiger partial charge in [-0.3, -0.25) is 9.13 Å². The molecule has 0 aliphatic heterocycles. The highest BCUT2D eigenvalue weighted by Gasteiger charge is 2.34. The fourth-order valence-corrected chi connectivity index (χ4v) is 6.32. The van der Waals surface area contributed by atoms with E-state index in [0.29, 0.717) is 23.5 Å². The normalized spacial score (nSPS) is 14.7. The lowest BCUT2D eigenvalue weighted by Gasteiger charge is -2.24. The van der Waals surface area contributed by atoms with E-state index >= 15 is 0 Å². The van der Waals surface area contributed by atoms with Crippen LogP contribution >= 0.6 is 15.2 Å². The highest BCUT2D eigenvalue weighted by molar-refractivity contribution is 7.63. The predicted octanol–water partition coefficient (Wildman–Crippen LogP) is 3.79. The van der Waals surface area contributed by atoms with E-state index in [1.165, 1.54) is 39.6 Å². The van der Waals surface area contributed by atoms with Gasteiger partial charge in [-0.05, 0) is 60.1 Å². The molecule has 0 radical (unpaired) electrons. The molecule has 4 aliphatic carbocycles. The lowest BCUT2D eigenvalue weighted by atomic mass is 9.96. The van der Waals surface area contributed by atoms with Crippen molar-refractivity contribution in [2.24, 2.45) is 0 Å². The summed E-state index contributed by atoms with van der Waals surface area (Å²) in [6, 6.07) is 12.0. The number of benzene rings is 2. The van der Waals surface area contributed by atoms with Crippen LogP contribution in [0.5, 0.6) is 0 Å². The van der Waals surface area contributed by atoms with E-state index in [2.05, 4.69) is 24.3 Å². The number of aryl methyl sites for hydroxylation is 4. The van der Waals surface area contributed by atoms with Crippen LogP contribution in [0.25, 0.3) is 0 Å². The van der Waals surface area contributed by atoms with E-state index in [0.717, 1.165) is 24.0 Å². The minimum absolute atomic E-state index is 0.505. The predicted molar refractivity (Wildman–Crippen MR) is 110 cm³/mol. The lowest BCUT2D eigenvalue weighted by Crippen LogP contribution is -2.24. The fraction of sp³-hybridized carbons (Fsp3) is 0.400. The van der Waals surface area contributed by atoms with E-state index in [4.69, 9.17) is 18.1 Å². The Morgan fingerprint density at radius 3 is 1.21 bits per heavy atom. The summed E-state index contributed by atoms with van der Waals surface area (Å²) >= 11 is 0. The van der Waals surface area contributed by atoms with Gasteiger partial charge in [-0.1, -0.05) is 24.3 Å². The number of hydrogen-bond donors (Lipinski definition) is 0. The highest BCUT2D eigenvalue weighted by atomic mass is 31.2. The molecule has 0 fully saturated rings. The molecule has 0 saturated heterocycles. The Labute approximate surface area is 166 Å². The first kappa shape index (κ1) is 21.4. The van der Waals surface area contributed by atoms with Crippen molar-refractivity contribution < 1.29 is 27.2 Å². The summed E-state index contributed by atoms with van der Waals surface area (Å²) < 4.78 is 47.5. The molecule has 2 aromatic carbocycles. The third-order valence-corrected chi connectivity index (χ3v) is 9.16. The lowest BCUT2D eigenvalue weighted by molar-refractivity contribution is 0.285. The van der Waals surface area contributed by atoms with Crippen LogP contribution in [0.1, 0.15) is 22.3 Å². The molecule has 6 rings (SSSR count). The van der Waals surface area contributed by atoms with Gasteiger partial charge in [0.1, 0.15) is 0 Å². The van der Waals surface area contributed by atoms with Crippen molar-refractivity contribution in [3.63, 3.8) is 0 Å². The summed E-state index contributed by atoms with van der Waals surface area (Å²) in [6.45, 7) is 0. The SMILES string of the molecule is COP(=O)(OC)c1cc2c(P(=O)(OC)OC)cc1CCc1ccc(cc1)CC2. The van der Waals surface area contributed by atoms with Gasteiger partial charge in [-0.25, -0.2) is 0 Å². The highest BCUT2D eigenvalue weighted by Crippen LogP contribution is 2.50. The van der Waals surface area contributed by atoms with Gasteiger partial charge in [0.25, 0.3) is 0 Å². The van der Waals surface area contributed by atoms with Crippen molar-refractivity contribution in [3.8, 4) is 0 Å². The van der Waals surface area contributed by atoms with Gasteiger partial charge in [0.15, 0.2) is 0 Å². The minimum Gasteiger partial charge on any atom is -0.309 e. The van der Waals surface area contributed by atoms with Crippen LogP contribution in [0.2, 0.25) is 0 Å². The molecule has 152 valence electrons. The second kappa shape index (κ2) is 8.62. The zero-order valence-electron chi connectivity index (χ0n) is 16.6. The first-order valence-corrected chi connectivity index (χ1v) is 12.2. The smallest absolute Gasteiger partial charge is 0.309 e. The maximum Gasteiger partial charge on any atom is 0.361 e. The molecule has 6 nitrogen and oxygen atoms in total. The molecule has 4 aliphatic rings. The molecule has 4 bridgehead atoms. The Balaban J connectivity index is 2.25. The minimum atomic E-state index is -3.48. The topological polar surface area (TPSA) is 71.1 Å². The third-order valence-electron chi connectivity index (χ3n) is 5.22. The standard InChI is InChI=1S/C20H26O6P2/c1-23-27(21,24-2)19-13-18-12-10-16-7-5-15(6-8-16)9-11-17(19)14-20(18)28(22,25-3)26-4/h5-8,13-14H,9-12H2,1-4H3. The first-order valence-electron chi connectivity index (χ1n) is 9.07. The van der Waals surface area contributed by atoms with Crippen molar-refractivity contribution in [1.29, 1.82) is 0 Å². The molecular weight excluding hydrogens is 398 g/mol. The largest absolute Gasteiger partial charge is 0.361 e. The Bertz CT molecular complexity index is 846. The number of rotatable bonds is 6. The zero-order valence-corrected chi connectivity index (χ0v) is 18.4. The molecule has 0 atom stereocenters. The Kier molecular flexibility index (Phi) is 6.61. The van der Waals surface area contributed by atoms with Gasteiger partial charge in [0.2, 0.25) is 0 Å². The monoisotopic (exact) mass is 424 g/mol. The van der Waals surface area contributed by atoms with E-state index in [-0.39, 0.29) is 0 Å². The molecule has 0 amide bonds. The second-order valence-corrected chi connectivity index (χ2v) is 11.1. The molecule has 0 spiro atoms. The van der Waals surface area contributed by atoms with Crippen molar-refractivity contribution in [1.82, 2.24) is 0 Å². The van der Waals surface area contributed by atoms with E-state index in [1.807, 2.05) is 0 Å².